The van der Waals surface area contributed by atoms with Crippen LogP contribution in [-0.2, 0) is 35.3 Å². The van der Waals surface area contributed by atoms with Gasteiger partial charge in [-0.25, -0.2) is 4.79 Å². The van der Waals surface area contributed by atoms with Gasteiger partial charge in [0.25, 0.3) is 11.8 Å². The number of imide groups is 2. The average Bonchev–Trinajstić information content (AvgIpc) is 4.01. The molecule has 10 heteroatoms. The van der Waals surface area contributed by atoms with E-state index in [0.29, 0.717) is 0 Å². The molecular formula is C45H54N2O3S5. The average molecular weight is 831 g/mol. The molecule has 0 aliphatic carbocycles. The molecule has 4 amide bonds. The number of thiophene rings is 5. The Hall–Kier alpha value is -3.15. The van der Waals surface area contributed by atoms with E-state index in [1.165, 1.54) is 127 Å². The van der Waals surface area contributed by atoms with Crippen LogP contribution in [0.25, 0.3) is 45.1 Å². The van der Waals surface area contributed by atoms with Crippen LogP contribution in [0, 0.1) is 0 Å². The molecule has 5 aromatic heterocycles. The third kappa shape index (κ3) is 10.4. The zero-order valence-corrected chi connectivity index (χ0v) is 36.8. The van der Waals surface area contributed by atoms with Crippen molar-refractivity contribution >= 4 is 80.6 Å². The van der Waals surface area contributed by atoms with Crippen LogP contribution < -0.4 is 10.6 Å². The van der Waals surface area contributed by atoms with Gasteiger partial charge in [-0.3, -0.25) is 20.2 Å². The predicted molar refractivity (Wildman–Crippen MR) is 240 cm³/mol. The molecule has 6 rings (SSSR count). The van der Waals surface area contributed by atoms with Crippen molar-refractivity contribution in [3.05, 3.63) is 74.5 Å². The standard InChI is InChI=1S/C45H54N2O3S5/c1-5-9-13-17-29-23-24-51-39(29)36-25-31(19-15-11-7-3)41(53-36)38-27-32(20-16-12-8-4)42(55-38)37-26-30(18-14-10-6-2)40(54-37)35-22-21-33(52-35)28-34-43(48)46-45(50)47-44(34)49/h21-28H,5-20H2,1-4H3,(H2,46,47,48,49,50). The molecule has 0 aromatic carbocycles. The monoisotopic (exact) mass is 830 g/mol. The van der Waals surface area contributed by atoms with Crippen LogP contribution in [0.3, 0.4) is 0 Å². The molecular weight excluding hydrogens is 777 g/mol. The van der Waals surface area contributed by atoms with E-state index in [1.807, 2.05) is 51.4 Å². The van der Waals surface area contributed by atoms with E-state index in [0.717, 1.165) is 41.9 Å². The topological polar surface area (TPSA) is 75.3 Å². The molecule has 0 bridgehead atoms. The number of unbranched alkanes of at least 4 members (excludes halogenated alkanes) is 8. The molecule has 0 radical (unpaired) electrons. The van der Waals surface area contributed by atoms with Crippen molar-refractivity contribution in [2.24, 2.45) is 0 Å². The molecule has 1 saturated heterocycles. The molecule has 2 N–H and O–H groups in total. The fraction of sp³-hybridized carbons (Fsp3) is 0.444. The van der Waals surface area contributed by atoms with Crippen LogP contribution in [0.5, 0.6) is 0 Å². The van der Waals surface area contributed by atoms with Crippen molar-refractivity contribution in [2.45, 2.75) is 130 Å². The van der Waals surface area contributed by atoms with Crippen molar-refractivity contribution in [3.63, 3.8) is 0 Å². The molecule has 1 aliphatic heterocycles. The number of urea groups is 1. The molecule has 292 valence electrons. The van der Waals surface area contributed by atoms with Crippen molar-refractivity contribution in [1.29, 1.82) is 0 Å². The summed E-state index contributed by atoms with van der Waals surface area (Å²) in [6, 6.07) is 13.2. The van der Waals surface area contributed by atoms with E-state index in [2.05, 4.69) is 74.0 Å². The first-order chi connectivity index (χ1) is 26.8. The maximum Gasteiger partial charge on any atom is 0.328 e. The number of barbiturate groups is 1. The van der Waals surface area contributed by atoms with Crippen LogP contribution in [0.1, 0.15) is 132 Å². The van der Waals surface area contributed by atoms with Crippen LogP contribution in [0.2, 0.25) is 0 Å². The molecule has 1 fully saturated rings. The van der Waals surface area contributed by atoms with E-state index in [1.54, 1.807) is 17.4 Å². The summed E-state index contributed by atoms with van der Waals surface area (Å²) < 4.78 is 0. The third-order valence-corrected chi connectivity index (χ3v) is 16.4. The van der Waals surface area contributed by atoms with Crippen molar-refractivity contribution in [1.82, 2.24) is 10.6 Å². The van der Waals surface area contributed by atoms with E-state index in [4.69, 9.17) is 0 Å². The van der Waals surface area contributed by atoms with Crippen LogP contribution in [0.15, 0.2) is 47.4 Å². The summed E-state index contributed by atoms with van der Waals surface area (Å²) in [5.41, 5.74) is 5.80. The van der Waals surface area contributed by atoms with Gasteiger partial charge in [0.2, 0.25) is 0 Å². The summed E-state index contributed by atoms with van der Waals surface area (Å²) in [4.78, 5) is 48.2. The highest BCUT2D eigenvalue weighted by atomic mass is 32.1. The van der Waals surface area contributed by atoms with Gasteiger partial charge in [0.1, 0.15) is 5.57 Å². The molecule has 55 heavy (non-hydrogen) atoms. The summed E-state index contributed by atoms with van der Waals surface area (Å²) in [6.45, 7) is 9.10. The lowest BCUT2D eigenvalue weighted by Crippen LogP contribution is -2.51. The Bertz CT molecular complexity index is 2080. The molecule has 0 atom stereocenters. The molecule has 0 spiro atoms. The van der Waals surface area contributed by atoms with E-state index < -0.39 is 17.8 Å². The number of carbonyl (C=O) groups is 3. The number of hydrogen-bond acceptors (Lipinski definition) is 8. The predicted octanol–water partition coefficient (Wildman–Crippen LogP) is 14.3. The van der Waals surface area contributed by atoms with Crippen LogP contribution >= 0.6 is 56.7 Å². The first-order valence-electron chi connectivity index (χ1n) is 20.3. The number of rotatable bonds is 21. The first kappa shape index (κ1) is 41.5. The quantitative estimate of drug-likeness (QED) is 0.0439. The highest BCUT2D eigenvalue weighted by Gasteiger charge is 2.28. The minimum Gasteiger partial charge on any atom is -0.273 e. The smallest absolute Gasteiger partial charge is 0.273 e. The Labute approximate surface area is 347 Å². The van der Waals surface area contributed by atoms with Gasteiger partial charge in [-0.2, -0.15) is 0 Å². The Balaban J connectivity index is 1.39. The lowest BCUT2D eigenvalue weighted by molar-refractivity contribution is -0.123. The van der Waals surface area contributed by atoms with Crippen molar-refractivity contribution in [3.8, 4) is 39.0 Å². The molecule has 5 nitrogen and oxygen atoms in total. The fourth-order valence-corrected chi connectivity index (χ4v) is 13.2. The second kappa shape index (κ2) is 20.3. The summed E-state index contributed by atoms with van der Waals surface area (Å²) in [5, 5.41) is 6.65. The summed E-state index contributed by atoms with van der Waals surface area (Å²) in [6.07, 6.45) is 20.5. The Morgan fingerprint density at radius 2 is 0.927 bits per heavy atom. The minimum atomic E-state index is -0.783. The summed E-state index contributed by atoms with van der Waals surface area (Å²) in [7, 11) is 0. The number of amides is 4. The van der Waals surface area contributed by atoms with E-state index in [-0.39, 0.29) is 5.57 Å². The Morgan fingerprint density at radius 1 is 0.491 bits per heavy atom. The number of hydrogen-bond donors (Lipinski definition) is 2. The lowest BCUT2D eigenvalue weighted by atomic mass is 10.0. The zero-order valence-electron chi connectivity index (χ0n) is 32.7. The fourth-order valence-electron chi connectivity index (χ4n) is 7.12. The van der Waals surface area contributed by atoms with Gasteiger partial charge in [-0.05, 0) is 121 Å². The van der Waals surface area contributed by atoms with Gasteiger partial charge in [0.05, 0.1) is 0 Å². The van der Waals surface area contributed by atoms with Crippen molar-refractivity contribution < 1.29 is 14.4 Å². The molecule has 5 aromatic rings. The molecule has 0 unspecified atom stereocenters. The van der Waals surface area contributed by atoms with E-state index >= 15 is 0 Å². The third-order valence-electron chi connectivity index (χ3n) is 10.1. The van der Waals surface area contributed by atoms with Crippen LogP contribution in [0.4, 0.5) is 4.79 Å². The van der Waals surface area contributed by atoms with Gasteiger partial charge in [0, 0.05) is 43.9 Å². The Morgan fingerprint density at radius 3 is 1.40 bits per heavy atom. The molecule has 1 aliphatic rings. The zero-order chi connectivity index (χ0) is 38.7. The molecule has 6 heterocycles. The van der Waals surface area contributed by atoms with Gasteiger partial charge < -0.3 is 0 Å². The second-order valence-electron chi connectivity index (χ2n) is 14.5. The lowest BCUT2D eigenvalue weighted by Gasteiger charge is -2.13. The molecule has 0 saturated carbocycles. The van der Waals surface area contributed by atoms with Gasteiger partial charge >= 0.3 is 6.03 Å². The highest BCUT2D eigenvalue weighted by Crippen LogP contribution is 2.50. The number of aryl methyl sites for hydroxylation is 4. The second-order valence-corrected chi connectivity index (χ2v) is 19.7. The minimum absolute atomic E-state index is 0.0523. The van der Waals surface area contributed by atoms with Gasteiger partial charge in [-0.1, -0.05) is 79.1 Å². The van der Waals surface area contributed by atoms with E-state index in [9.17, 15) is 14.4 Å². The Kier molecular flexibility index (Phi) is 15.3. The first-order valence-corrected chi connectivity index (χ1v) is 24.4. The van der Waals surface area contributed by atoms with Gasteiger partial charge in [-0.15, -0.1) is 56.7 Å². The number of carbonyl (C=O) groups excluding carboxylic acids is 3. The maximum absolute atomic E-state index is 12.4. The van der Waals surface area contributed by atoms with Crippen LogP contribution in [-0.4, -0.2) is 17.8 Å². The maximum atomic E-state index is 12.4. The van der Waals surface area contributed by atoms with Crippen molar-refractivity contribution in [2.75, 3.05) is 0 Å². The highest BCUT2D eigenvalue weighted by molar-refractivity contribution is 7.30. The number of nitrogens with one attached hydrogen (secondary N) is 2. The normalized spacial score (nSPS) is 13.2. The SMILES string of the molecule is CCCCCc1ccsc1-c1cc(CCCCC)c(-c2cc(CCCCC)c(-c3cc(CCCCC)c(-c4ccc(C=C5C(=O)NC(=O)NC5=O)s4)s3)s2)s1. The summed E-state index contributed by atoms with van der Waals surface area (Å²) >= 11 is 9.37. The largest absolute Gasteiger partial charge is 0.328 e. The van der Waals surface area contributed by atoms with Gasteiger partial charge in [0.15, 0.2) is 0 Å². The summed E-state index contributed by atoms with van der Waals surface area (Å²) in [5.74, 6) is -1.33.